The molecule has 3 rings (SSSR count). The zero-order valence-corrected chi connectivity index (χ0v) is 15.0. The Morgan fingerprint density at radius 1 is 1.15 bits per heavy atom. The predicted molar refractivity (Wildman–Crippen MR) is 103 cm³/mol. The number of carbonyl (C=O) groups excluding carboxylic acids is 1. The molecule has 0 aliphatic carbocycles. The normalized spacial score (nSPS) is 11.0. The molecule has 0 radical (unpaired) electrons. The zero-order valence-electron chi connectivity index (χ0n) is 15.0. The lowest BCUT2D eigenvalue weighted by Gasteiger charge is -2.12. The topological polar surface area (TPSA) is 67.2 Å². The van der Waals surface area contributed by atoms with Crippen molar-refractivity contribution in [3.63, 3.8) is 0 Å². The summed E-state index contributed by atoms with van der Waals surface area (Å²) in [5, 5.41) is 3.45. The lowest BCUT2D eigenvalue weighted by molar-refractivity contribution is -0.116. The molecule has 0 atom stereocenters. The van der Waals surface area contributed by atoms with E-state index in [9.17, 15) is 9.59 Å². The van der Waals surface area contributed by atoms with Gasteiger partial charge in [0.15, 0.2) is 0 Å². The van der Waals surface area contributed by atoms with Crippen molar-refractivity contribution in [2.45, 2.75) is 19.5 Å². The number of carbonyl (C=O) groups is 1. The van der Waals surface area contributed by atoms with Crippen molar-refractivity contribution in [3.05, 3.63) is 70.8 Å². The Labute approximate surface area is 152 Å². The van der Waals surface area contributed by atoms with Gasteiger partial charge in [0, 0.05) is 25.2 Å². The van der Waals surface area contributed by atoms with Gasteiger partial charge in [-0.25, -0.2) is 4.98 Å². The number of aromatic nitrogens is 2. The molecule has 0 saturated carbocycles. The highest BCUT2D eigenvalue weighted by molar-refractivity contribution is 5.90. The van der Waals surface area contributed by atoms with Crippen molar-refractivity contribution in [1.82, 2.24) is 14.5 Å². The van der Waals surface area contributed by atoms with Gasteiger partial charge in [-0.15, -0.1) is 0 Å². The van der Waals surface area contributed by atoms with Crippen molar-refractivity contribution in [3.8, 4) is 0 Å². The molecule has 1 aromatic heterocycles. The molecule has 0 aliphatic heterocycles. The zero-order chi connectivity index (χ0) is 18.5. The van der Waals surface area contributed by atoms with Crippen LogP contribution in [0.4, 0.5) is 5.69 Å². The van der Waals surface area contributed by atoms with Gasteiger partial charge in [-0.3, -0.25) is 14.2 Å². The molecule has 6 heteroatoms. The van der Waals surface area contributed by atoms with E-state index in [0.717, 1.165) is 17.8 Å². The number of nitrogens with zero attached hydrogens (tertiary/aromatic N) is 3. The van der Waals surface area contributed by atoms with Crippen LogP contribution in [0.1, 0.15) is 12.0 Å². The molecular weight excluding hydrogens is 328 g/mol. The third-order valence-electron chi connectivity index (χ3n) is 4.02. The SMILES string of the molecule is CN(C)Cc1cccc(NC(=O)CCn2cnc3ccccc3c2=O)c1. The average Bonchev–Trinajstić information content (AvgIpc) is 2.61. The number of hydrogen-bond acceptors (Lipinski definition) is 4. The van der Waals surface area contributed by atoms with Gasteiger partial charge in [0.05, 0.1) is 17.2 Å². The molecule has 1 N–H and O–H groups in total. The lowest BCUT2D eigenvalue weighted by atomic mass is 10.2. The third kappa shape index (κ3) is 4.34. The van der Waals surface area contributed by atoms with Crippen LogP contribution in [0, 0.1) is 0 Å². The first-order chi connectivity index (χ1) is 12.5. The van der Waals surface area contributed by atoms with Gasteiger partial charge in [-0.2, -0.15) is 0 Å². The minimum absolute atomic E-state index is 0.128. The van der Waals surface area contributed by atoms with Crippen LogP contribution in [0.3, 0.4) is 0 Å². The second-order valence-electron chi connectivity index (χ2n) is 6.50. The maximum atomic E-state index is 12.4. The summed E-state index contributed by atoms with van der Waals surface area (Å²) in [5.41, 5.74) is 2.42. The van der Waals surface area contributed by atoms with E-state index in [4.69, 9.17) is 0 Å². The Balaban J connectivity index is 1.64. The summed E-state index contributed by atoms with van der Waals surface area (Å²) >= 11 is 0. The Morgan fingerprint density at radius 2 is 1.96 bits per heavy atom. The maximum Gasteiger partial charge on any atom is 0.261 e. The van der Waals surface area contributed by atoms with Gasteiger partial charge in [0.1, 0.15) is 0 Å². The summed E-state index contributed by atoms with van der Waals surface area (Å²) < 4.78 is 1.48. The number of hydrogen-bond donors (Lipinski definition) is 1. The molecule has 3 aromatic rings. The van der Waals surface area contributed by atoms with Crippen LogP contribution >= 0.6 is 0 Å². The monoisotopic (exact) mass is 350 g/mol. The standard InChI is InChI=1S/C20H22N4O2/c1-23(2)13-15-6-5-7-16(12-15)22-19(25)10-11-24-14-21-18-9-4-3-8-17(18)20(24)26/h3-9,12,14H,10-11,13H2,1-2H3,(H,22,25). The van der Waals surface area contributed by atoms with Crippen molar-refractivity contribution in [1.29, 1.82) is 0 Å². The Bertz CT molecular complexity index is 979. The quantitative estimate of drug-likeness (QED) is 0.742. The Kier molecular flexibility index (Phi) is 5.43. The first-order valence-corrected chi connectivity index (χ1v) is 8.50. The molecule has 134 valence electrons. The molecule has 1 amide bonds. The summed E-state index contributed by atoms with van der Waals surface area (Å²) in [7, 11) is 4.00. The van der Waals surface area contributed by atoms with E-state index in [-0.39, 0.29) is 17.9 Å². The molecule has 0 unspecified atom stereocenters. The Hall–Kier alpha value is -2.99. The highest BCUT2D eigenvalue weighted by Crippen LogP contribution is 2.12. The van der Waals surface area contributed by atoms with E-state index in [1.807, 2.05) is 50.5 Å². The van der Waals surface area contributed by atoms with Crippen LogP contribution in [-0.2, 0) is 17.9 Å². The van der Waals surface area contributed by atoms with Crippen molar-refractivity contribution < 1.29 is 4.79 Å². The Morgan fingerprint density at radius 3 is 2.77 bits per heavy atom. The van der Waals surface area contributed by atoms with Crippen LogP contribution in [0.25, 0.3) is 10.9 Å². The molecule has 0 aliphatic rings. The average molecular weight is 350 g/mol. The van der Waals surface area contributed by atoms with Crippen molar-refractivity contribution >= 4 is 22.5 Å². The fraction of sp³-hybridized carbons (Fsp3) is 0.250. The third-order valence-corrected chi connectivity index (χ3v) is 4.02. The number of rotatable bonds is 6. The van der Waals surface area contributed by atoms with Gasteiger partial charge < -0.3 is 10.2 Å². The number of amides is 1. The molecule has 6 nitrogen and oxygen atoms in total. The van der Waals surface area contributed by atoms with Gasteiger partial charge in [-0.1, -0.05) is 24.3 Å². The lowest BCUT2D eigenvalue weighted by Crippen LogP contribution is -2.23. The van der Waals surface area contributed by atoms with E-state index in [2.05, 4.69) is 15.2 Å². The van der Waals surface area contributed by atoms with Crippen molar-refractivity contribution in [2.24, 2.45) is 0 Å². The van der Waals surface area contributed by atoms with Gasteiger partial charge in [0.2, 0.25) is 5.91 Å². The van der Waals surface area contributed by atoms with Gasteiger partial charge in [-0.05, 0) is 43.9 Å². The minimum atomic E-state index is -0.132. The fourth-order valence-corrected chi connectivity index (χ4v) is 2.82. The predicted octanol–water partition coefficient (Wildman–Crippen LogP) is 2.49. The maximum absolute atomic E-state index is 12.4. The molecule has 0 saturated heterocycles. The van der Waals surface area contributed by atoms with E-state index >= 15 is 0 Å². The van der Waals surface area contributed by atoms with Crippen LogP contribution in [0.15, 0.2) is 59.7 Å². The number of para-hydroxylation sites is 1. The summed E-state index contributed by atoms with van der Waals surface area (Å²) in [6.45, 7) is 1.10. The smallest absolute Gasteiger partial charge is 0.261 e. The van der Waals surface area contributed by atoms with Crippen LogP contribution in [0.2, 0.25) is 0 Å². The number of anilines is 1. The highest BCUT2D eigenvalue weighted by Gasteiger charge is 2.07. The largest absolute Gasteiger partial charge is 0.326 e. The highest BCUT2D eigenvalue weighted by atomic mass is 16.1. The van der Waals surface area contributed by atoms with Crippen LogP contribution < -0.4 is 10.9 Å². The molecule has 0 fully saturated rings. The van der Waals surface area contributed by atoms with E-state index in [1.54, 1.807) is 12.1 Å². The number of fused-ring (bicyclic) bond motifs is 1. The molecule has 0 spiro atoms. The fourth-order valence-electron chi connectivity index (χ4n) is 2.82. The number of aryl methyl sites for hydroxylation is 1. The van der Waals surface area contributed by atoms with E-state index in [0.29, 0.717) is 17.4 Å². The molecule has 1 heterocycles. The molecule has 2 aromatic carbocycles. The van der Waals surface area contributed by atoms with E-state index in [1.165, 1.54) is 10.9 Å². The second kappa shape index (κ2) is 7.93. The second-order valence-corrected chi connectivity index (χ2v) is 6.50. The summed E-state index contributed by atoms with van der Waals surface area (Å²) in [6.07, 6.45) is 1.70. The van der Waals surface area contributed by atoms with Crippen LogP contribution in [0.5, 0.6) is 0 Å². The van der Waals surface area contributed by atoms with Gasteiger partial charge in [0.25, 0.3) is 5.56 Å². The molecule has 26 heavy (non-hydrogen) atoms. The summed E-state index contributed by atoms with van der Waals surface area (Å²) in [5.74, 6) is -0.132. The number of benzene rings is 2. The summed E-state index contributed by atoms with van der Waals surface area (Å²) in [4.78, 5) is 31.0. The van der Waals surface area contributed by atoms with Crippen LogP contribution in [-0.4, -0.2) is 34.5 Å². The first kappa shape index (κ1) is 17.8. The summed E-state index contributed by atoms with van der Waals surface area (Å²) in [6, 6.07) is 15.0. The molecular formula is C20H22N4O2. The van der Waals surface area contributed by atoms with Gasteiger partial charge >= 0.3 is 0 Å². The van der Waals surface area contributed by atoms with Crippen molar-refractivity contribution in [2.75, 3.05) is 19.4 Å². The minimum Gasteiger partial charge on any atom is -0.326 e. The number of nitrogens with one attached hydrogen (secondary N) is 1. The van der Waals surface area contributed by atoms with E-state index < -0.39 is 0 Å². The molecule has 0 bridgehead atoms. The first-order valence-electron chi connectivity index (χ1n) is 8.50.